The maximum Gasteiger partial charge on any atom is 0.0414 e. The highest BCUT2D eigenvalue weighted by molar-refractivity contribution is 8.00. The van der Waals surface area contributed by atoms with Crippen molar-refractivity contribution in [3.63, 3.8) is 0 Å². The highest BCUT2D eigenvalue weighted by Gasteiger charge is 2.26. The third-order valence-electron chi connectivity index (χ3n) is 2.78. The van der Waals surface area contributed by atoms with Crippen LogP contribution >= 0.6 is 11.8 Å². The van der Waals surface area contributed by atoms with Gasteiger partial charge in [-0.15, -0.1) is 11.8 Å². The molecule has 0 bridgehead atoms. The fourth-order valence-corrected chi connectivity index (χ4v) is 3.50. The summed E-state index contributed by atoms with van der Waals surface area (Å²) >= 11 is 2.03. The second-order valence-corrected chi connectivity index (χ2v) is 6.62. The number of nitrogens with zero attached hydrogens (tertiary/aromatic N) is 1. The van der Waals surface area contributed by atoms with Crippen LogP contribution in [0.2, 0.25) is 0 Å². The molecule has 0 amide bonds. The van der Waals surface area contributed by atoms with E-state index in [9.17, 15) is 0 Å². The van der Waals surface area contributed by atoms with Gasteiger partial charge in [-0.25, -0.2) is 0 Å². The van der Waals surface area contributed by atoms with Crippen LogP contribution in [-0.2, 0) is 0 Å². The van der Waals surface area contributed by atoms with Crippen molar-refractivity contribution in [1.29, 1.82) is 0 Å². The van der Waals surface area contributed by atoms with Crippen molar-refractivity contribution in [1.82, 2.24) is 4.90 Å². The zero-order chi connectivity index (χ0) is 11.5. The minimum absolute atomic E-state index is 0.350. The Morgan fingerprint density at radius 1 is 1.20 bits per heavy atom. The Morgan fingerprint density at radius 3 is 2.13 bits per heavy atom. The summed E-state index contributed by atoms with van der Waals surface area (Å²) in [5.74, 6) is 1.19. The molecular formula is C13H23NS. The van der Waals surface area contributed by atoms with Gasteiger partial charge >= 0.3 is 0 Å². The summed E-state index contributed by atoms with van der Waals surface area (Å²) in [7, 11) is 4.35. The van der Waals surface area contributed by atoms with E-state index < -0.39 is 0 Å². The van der Waals surface area contributed by atoms with Crippen molar-refractivity contribution in [3.8, 4) is 0 Å². The van der Waals surface area contributed by atoms with Gasteiger partial charge in [0.1, 0.15) is 0 Å². The summed E-state index contributed by atoms with van der Waals surface area (Å²) in [6, 6.07) is 0.630. The van der Waals surface area contributed by atoms with E-state index in [1.54, 1.807) is 0 Å². The lowest BCUT2D eigenvalue weighted by Crippen LogP contribution is -2.41. The SMILES string of the molecule is CN(C)[C@H](CSC1C=CC=C1)C(C)(C)C. The van der Waals surface area contributed by atoms with Gasteiger partial charge in [0.2, 0.25) is 0 Å². The zero-order valence-corrected chi connectivity index (χ0v) is 11.3. The normalized spacial score (nSPS) is 19.1. The highest BCUT2D eigenvalue weighted by atomic mass is 32.2. The monoisotopic (exact) mass is 225 g/mol. The first-order chi connectivity index (χ1) is 6.91. The zero-order valence-electron chi connectivity index (χ0n) is 10.5. The van der Waals surface area contributed by atoms with Crippen LogP contribution < -0.4 is 0 Å². The Hall–Kier alpha value is -0.210. The first-order valence-electron chi connectivity index (χ1n) is 5.54. The minimum atomic E-state index is 0.350. The summed E-state index contributed by atoms with van der Waals surface area (Å²) in [6.07, 6.45) is 8.80. The Labute approximate surface area is 98.6 Å². The molecule has 1 aliphatic rings. The Bertz CT molecular complexity index is 236. The van der Waals surface area contributed by atoms with Crippen molar-refractivity contribution >= 4 is 11.8 Å². The second kappa shape index (κ2) is 5.22. The van der Waals surface area contributed by atoms with Crippen LogP contribution in [0.5, 0.6) is 0 Å². The van der Waals surface area contributed by atoms with Crippen LogP contribution in [-0.4, -0.2) is 36.0 Å². The van der Waals surface area contributed by atoms with Gasteiger partial charge < -0.3 is 4.90 Å². The van der Waals surface area contributed by atoms with Crippen molar-refractivity contribution in [2.75, 3.05) is 19.8 Å². The molecule has 86 valence electrons. The molecule has 0 aromatic carbocycles. The standard InChI is InChI=1S/C13H23NS/c1-13(2,3)12(14(4)5)10-15-11-8-6-7-9-11/h6-9,11-12H,10H2,1-5H3/t12-/m1/s1. The minimum Gasteiger partial charge on any atom is -0.305 e. The fraction of sp³-hybridized carbons (Fsp3) is 0.692. The van der Waals surface area contributed by atoms with Gasteiger partial charge in [-0.1, -0.05) is 45.1 Å². The molecule has 0 N–H and O–H groups in total. The highest BCUT2D eigenvalue weighted by Crippen LogP contribution is 2.28. The quantitative estimate of drug-likeness (QED) is 0.723. The molecule has 0 radical (unpaired) electrons. The summed E-state index contributed by atoms with van der Waals surface area (Å²) in [5, 5.41) is 0.592. The molecule has 0 heterocycles. The molecule has 1 atom stereocenters. The van der Waals surface area contributed by atoms with E-state index in [0.29, 0.717) is 16.7 Å². The molecule has 0 spiro atoms. The van der Waals surface area contributed by atoms with Gasteiger partial charge in [0.15, 0.2) is 0 Å². The number of allylic oxidation sites excluding steroid dienone is 2. The van der Waals surface area contributed by atoms with Gasteiger partial charge in [-0.2, -0.15) is 0 Å². The first-order valence-corrected chi connectivity index (χ1v) is 6.59. The van der Waals surface area contributed by atoms with E-state index >= 15 is 0 Å². The lowest BCUT2D eigenvalue weighted by atomic mass is 9.87. The number of hydrogen-bond donors (Lipinski definition) is 0. The first kappa shape index (κ1) is 12.9. The largest absolute Gasteiger partial charge is 0.305 e. The summed E-state index contributed by atoms with van der Waals surface area (Å²) in [6.45, 7) is 6.95. The topological polar surface area (TPSA) is 3.24 Å². The Balaban J connectivity index is 2.45. The molecule has 0 unspecified atom stereocenters. The fourth-order valence-electron chi connectivity index (χ4n) is 1.90. The molecule has 0 saturated carbocycles. The van der Waals surface area contributed by atoms with E-state index in [1.165, 1.54) is 5.75 Å². The molecule has 0 aliphatic heterocycles. The van der Waals surface area contributed by atoms with Crippen molar-refractivity contribution in [2.24, 2.45) is 5.41 Å². The summed E-state index contributed by atoms with van der Waals surface area (Å²) in [5.41, 5.74) is 0.350. The van der Waals surface area contributed by atoms with E-state index in [4.69, 9.17) is 0 Å². The van der Waals surface area contributed by atoms with E-state index in [-0.39, 0.29) is 0 Å². The van der Waals surface area contributed by atoms with Crippen LogP contribution in [0.15, 0.2) is 24.3 Å². The Kier molecular flexibility index (Phi) is 4.47. The van der Waals surface area contributed by atoms with E-state index in [2.05, 4.69) is 64.1 Å². The number of rotatable bonds is 4. The molecule has 0 fully saturated rings. The lowest BCUT2D eigenvalue weighted by molar-refractivity contribution is 0.174. The third-order valence-corrected chi connectivity index (χ3v) is 3.99. The predicted molar refractivity (Wildman–Crippen MR) is 71.5 cm³/mol. The van der Waals surface area contributed by atoms with E-state index in [1.807, 2.05) is 11.8 Å². The second-order valence-electron chi connectivity index (χ2n) is 5.41. The van der Waals surface area contributed by atoms with Gasteiger partial charge in [-0.3, -0.25) is 0 Å². The smallest absolute Gasteiger partial charge is 0.0414 e. The third kappa shape index (κ3) is 4.04. The molecule has 1 nitrogen and oxygen atoms in total. The number of hydrogen-bond acceptors (Lipinski definition) is 2. The average molecular weight is 225 g/mol. The van der Waals surface area contributed by atoms with Crippen molar-refractivity contribution in [3.05, 3.63) is 24.3 Å². The molecule has 0 aromatic rings. The maximum absolute atomic E-state index is 2.34. The molecule has 0 aromatic heterocycles. The van der Waals surface area contributed by atoms with Gasteiger partial charge in [-0.05, 0) is 19.5 Å². The molecule has 1 aliphatic carbocycles. The molecular weight excluding hydrogens is 202 g/mol. The van der Waals surface area contributed by atoms with Crippen LogP contribution in [0.1, 0.15) is 20.8 Å². The van der Waals surface area contributed by atoms with Crippen molar-refractivity contribution < 1.29 is 0 Å². The van der Waals surface area contributed by atoms with Crippen LogP contribution in [0, 0.1) is 5.41 Å². The van der Waals surface area contributed by atoms with E-state index in [0.717, 1.165) is 0 Å². The summed E-state index contributed by atoms with van der Waals surface area (Å²) in [4.78, 5) is 2.34. The summed E-state index contributed by atoms with van der Waals surface area (Å²) < 4.78 is 0. The van der Waals surface area contributed by atoms with Crippen LogP contribution in [0.25, 0.3) is 0 Å². The van der Waals surface area contributed by atoms with Gasteiger partial charge in [0.25, 0.3) is 0 Å². The van der Waals surface area contributed by atoms with Gasteiger partial charge in [0.05, 0.1) is 0 Å². The molecule has 2 heteroatoms. The predicted octanol–water partition coefficient (Wildman–Crippen LogP) is 3.19. The Morgan fingerprint density at radius 2 is 1.73 bits per heavy atom. The maximum atomic E-state index is 2.34. The van der Waals surface area contributed by atoms with Gasteiger partial charge in [0, 0.05) is 17.0 Å². The molecule has 15 heavy (non-hydrogen) atoms. The number of thioether (sulfide) groups is 1. The lowest BCUT2D eigenvalue weighted by Gasteiger charge is -2.36. The van der Waals surface area contributed by atoms with Crippen molar-refractivity contribution in [2.45, 2.75) is 32.1 Å². The average Bonchev–Trinajstić information content (AvgIpc) is 2.53. The molecule has 1 rings (SSSR count). The molecule has 0 saturated heterocycles. The van der Waals surface area contributed by atoms with Crippen LogP contribution in [0.3, 0.4) is 0 Å². The van der Waals surface area contributed by atoms with Crippen LogP contribution in [0.4, 0.5) is 0 Å².